The average molecular weight is 141 g/mol. The summed E-state index contributed by atoms with van der Waals surface area (Å²) in [6.07, 6.45) is 2.54. The van der Waals surface area contributed by atoms with Crippen LogP contribution in [0.2, 0.25) is 0 Å². The van der Waals surface area contributed by atoms with Crippen molar-refractivity contribution in [2.75, 3.05) is 19.6 Å². The summed E-state index contributed by atoms with van der Waals surface area (Å²) in [5.74, 6) is 0.866. The second kappa shape index (κ2) is 2.49. The fourth-order valence-corrected chi connectivity index (χ4v) is 2.01. The molecule has 3 atom stereocenters. The van der Waals surface area contributed by atoms with Crippen molar-refractivity contribution in [2.45, 2.75) is 18.9 Å². The molecular formula is C7H15N3. The van der Waals surface area contributed by atoms with Gasteiger partial charge in [0.25, 0.3) is 0 Å². The van der Waals surface area contributed by atoms with Gasteiger partial charge in [0, 0.05) is 25.7 Å². The summed E-state index contributed by atoms with van der Waals surface area (Å²) in [6.45, 7) is 3.40. The molecule has 0 spiro atoms. The molecule has 0 amide bonds. The van der Waals surface area contributed by atoms with E-state index in [0.29, 0.717) is 6.04 Å². The number of hydrogen-bond donors (Lipinski definition) is 2. The van der Waals surface area contributed by atoms with Crippen molar-refractivity contribution in [1.82, 2.24) is 10.4 Å². The van der Waals surface area contributed by atoms with E-state index in [0.717, 1.165) is 19.0 Å². The van der Waals surface area contributed by atoms with Crippen molar-refractivity contribution in [1.29, 1.82) is 0 Å². The maximum Gasteiger partial charge on any atom is 0.0283 e. The molecule has 2 rings (SSSR count). The molecule has 0 aromatic carbocycles. The van der Waals surface area contributed by atoms with Gasteiger partial charge in [-0.15, -0.1) is 0 Å². The summed E-state index contributed by atoms with van der Waals surface area (Å²) < 4.78 is 0. The maximum atomic E-state index is 5.84. The van der Waals surface area contributed by atoms with Crippen molar-refractivity contribution < 1.29 is 0 Å². The summed E-state index contributed by atoms with van der Waals surface area (Å²) in [7, 11) is 0. The number of nitrogens with zero attached hydrogens (tertiary/aromatic N) is 1. The van der Waals surface area contributed by atoms with Crippen molar-refractivity contribution >= 4 is 0 Å². The zero-order valence-electron chi connectivity index (χ0n) is 6.21. The third-order valence-electron chi connectivity index (χ3n) is 2.46. The second-order valence-corrected chi connectivity index (χ2v) is 3.46. The van der Waals surface area contributed by atoms with E-state index < -0.39 is 0 Å². The van der Waals surface area contributed by atoms with Gasteiger partial charge in [0.15, 0.2) is 0 Å². The van der Waals surface area contributed by atoms with Crippen LogP contribution in [0.15, 0.2) is 0 Å². The molecule has 0 aromatic heterocycles. The lowest BCUT2D eigenvalue weighted by Crippen LogP contribution is -2.56. The van der Waals surface area contributed by atoms with Gasteiger partial charge in [-0.25, -0.2) is 5.01 Å². The molecule has 0 saturated carbocycles. The van der Waals surface area contributed by atoms with Crippen LogP contribution in [-0.2, 0) is 0 Å². The summed E-state index contributed by atoms with van der Waals surface area (Å²) in [5.41, 5.74) is 9.18. The zero-order chi connectivity index (χ0) is 6.97. The van der Waals surface area contributed by atoms with Crippen LogP contribution in [0.5, 0.6) is 0 Å². The molecule has 2 heterocycles. The summed E-state index contributed by atoms with van der Waals surface area (Å²) in [4.78, 5) is 0. The highest BCUT2D eigenvalue weighted by Crippen LogP contribution is 2.20. The summed E-state index contributed by atoms with van der Waals surface area (Å²) in [6, 6.07) is 0.409. The van der Waals surface area contributed by atoms with E-state index in [9.17, 15) is 0 Å². The minimum absolute atomic E-state index is 0.409. The topological polar surface area (TPSA) is 41.3 Å². The number of nitrogens with two attached hydrogens (primary N) is 1. The molecule has 2 fully saturated rings. The van der Waals surface area contributed by atoms with Crippen LogP contribution in [0.1, 0.15) is 12.8 Å². The first-order valence-electron chi connectivity index (χ1n) is 4.08. The molecule has 2 bridgehead atoms. The van der Waals surface area contributed by atoms with Gasteiger partial charge in [0.05, 0.1) is 0 Å². The predicted molar refractivity (Wildman–Crippen MR) is 40.3 cm³/mol. The quantitative estimate of drug-likeness (QED) is 0.480. The molecule has 2 aliphatic rings. The fourth-order valence-electron chi connectivity index (χ4n) is 2.01. The van der Waals surface area contributed by atoms with Gasteiger partial charge in [-0.3, -0.25) is 5.43 Å². The molecule has 3 nitrogen and oxygen atoms in total. The molecule has 3 N–H and O–H groups in total. The largest absolute Gasteiger partial charge is 0.326 e. The Bertz CT molecular complexity index is 110. The van der Waals surface area contributed by atoms with Crippen molar-refractivity contribution in [3.63, 3.8) is 0 Å². The Kier molecular flexibility index (Phi) is 1.64. The van der Waals surface area contributed by atoms with Crippen LogP contribution in [0.3, 0.4) is 0 Å². The van der Waals surface area contributed by atoms with Gasteiger partial charge in [-0.2, -0.15) is 0 Å². The number of fused-ring (bicyclic) bond motifs is 2. The minimum atomic E-state index is 0.409. The van der Waals surface area contributed by atoms with Gasteiger partial charge in [-0.05, 0) is 18.8 Å². The minimum Gasteiger partial charge on any atom is -0.326 e. The summed E-state index contributed by atoms with van der Waals surface area (Å²) in [5, 5.41) is 2.27. The van der Waals surface area contributed by atoms with Crippen LogP contribution in [0, 0.1) is 5.92 Å². The third kappa shape index (κ3) is 1.17. The predicted octanol–water partition coefficient (Wildman–Crippen LogP) is -0.456. The van der Waals surface area contributed by atoms with E-state index in [1.807, 2.05) is 0 Å². The first-order chi connectivity index (χ1) is 4.84. The van der Waals surface area contributed by atoms with Crippen LogP contribution >= 0.6 is 0 Å². The first-order valence-corrected chi connectivity index (χ1v) is 4.08. The number of piperidine rings is 1. The molecule has 10 heavy (non-hydrogen) atoms. The van der Waals surface area contributed by atoms with Crippen LogP contribution in [0.4, 0.5) is 0 Å². The van der Waals surface area contributed by atoms with E-state index in [-0.39, 0.29) is 0 Å². The van der Waals surface area contributed by atoms with E-state index >= 15 is 0 Å². The van der Waals surface area contributed by atoms with Crippen LogP contribution in [0.25, 0.3) is 0 Å². The monoisotopic (exact) mass is 141 g/mol. The smallest absolute Gasteiger partial charge is 0.0283 e. The lowest BCUT2D eigenvalue weighted by atomic mass is 9.91. The zero-order valence-corrected chi connectivity index (χ0v) is 6.21. The maximum absolute atomic E-state index is 5.84. The lowest BCUT2D eigenvalue weighted by molar-refractivity contribution is 0.0590. The molecular weight excluding hydrogens is 126 g/mol. The van der Waals surface area contributed by atoms with Crippen LogP contribution in [-0.4, -0.2) is 30.7 Å². The van der Waals surface area contributed by atoms with Crippen molar-refractivity contribution in [3.05, 3.63) is 0 Å². The number of hydrogen-bond acceptors (Lipinski definition) is 3. The summed E-state index contributed by atoms with van der Waals surface area (Å²) >= 11 is 0. The van der Waals surface area contributed by atoms with E-state index in [1.165, 1.54) is 19.4 Å². The molecule has 0 radical (unpaired) electrons. The molecule has 58 valence electrons. The Morgan fingerprint density at radius 3 is 3.10 bits per heavy atom. The molecule has 0 aromatic rings. The van der Waals surface area contributed by atoms with E-state index in [1.54, 1.807) is 0 Å². The standard InChI is InChI=1S/C7H15N3/c8-7-3-6-1-2-9-10(4-6)5-7/h6-7,9H,1-5,8H2. The number of nitrogens with one attached hydrogen (secondary N) is 1. The Balaban J connectivity index is 1.98. The SMILES string of the molecule is NC1CC2CCNN(C1)C2. The Morgan fingerprint density at radius 2 is 2.30 bits per heavy atom. The molecule has 3 heteroatoms. The second-order valence-electron chi connectivity index (χ2n) is 3.46. The molecule has 2 aliphatic heterocycles. The average Bonchev–Trinajstić information content (AvgIpc) is 1.85. The Labute approximate surface area is 61.5 Å². The van der Waals surface area contributed by atoms with E-state index in [4.69, 9.17) is 5.73 Å². The lowest BCUT2D eigenvalue weighted by Gasteiger charge is -2.40. The highest BCUT2D eigenvalue weighted by atomic mass is 15.5. The molecule has 0 aliphatic carbocycles. The van der Waals surface area contributed by atoms with Gasteiger partial charge in [0.2, 0.25) is 0 Å². The van der Waals surface area contributed by atoms with Gasteiger partial charge in [0.1, 0.15) is 0 Å². The number of rotatable bonds is 0. The van der Waals surface area contributed by atoms with Crippen molar-refractivity contribution in [2.24, 2.45) is 11.7 Å². The first kappa shape index (κ1) is 6.58. The highest BCUT2D eigenvalue weighted by molar-refractivity contribution is 4.82. The van der Waals surface area contributed by atoms with Gasteiger partial charge >= 0.3 is 0 Å². The molecule has 3 unspecified atom stereocenters. The van der Waals surface area contributed by atoms with Gasteiger partial charge < -0.3 is 5.73 Å². The Hall–Kier alpha value is -0.120. The van der Waals surface area contributed by atoms with Crippen molar-refractivity contribution in [3.8, 4) is 0 Å². The fraction of sp³-hybridized carbons (Fsp3) is 1.00. The highest BCUT2D eigenvalue weighted by Gasteiger charge is 2.27. The van der Waals surface area contributed by atoms with Crippen LogP contribution < -0.4 is 11.2 Å². The normalized spacial score (nSPS) is 47.1. The van der Waals surface area contributed by atoms with E-state index in [2.05, 4.69) is 10.4 Å². The molecule has 2 saturated heterocycles. The Morgan fingerprint density at radius 1 is 1.40 bits per heavy atom. The number of hydrazine groups is 1. The third-order valence-corrected chi connectivity index (χ3v) is 2.46. The van der Waals surface area contributed by atoms with Gasteiger partial charge in [-0.1, -0.05) is 0 Å².